The fraction of sp³-hybridized carbons (Fsp3) is 0.714. The van der Waals surface area contributed by atoms with Crippen molar-refractivity contribution in [2.24, 2.45) is 0 Å². The maximum atomic E-state index is 12.1. The minimum Gasteiger partial charge on any atom is -0.382 e. The topological polar surface area (TPSA) is 50.2 Å². The normalized spacial score (nSPS) is 11.1. The first kappa shape index (κ1) is 18.3. The minimum atomic E-state index is -0.231. The highest BCUT2D eigenvalue weighted by Crippen LogP contribution is 2.15. The molecule has 0 aliphatic heterocycles. The zero-order valence-electron chi connectivity index (χ0n) is 13.1. The lowest BCUT2D eigenvalue weighted by Crippen LogP contribution is -2.29. The smallest absolute Gasteiger partial charge is 0.287 e. The summed E-state index contributed by atoms with van der Waals surface area (Å²) in [5.74, 6) is 1.20. The molecule has 0 aromatic carbocycles. The van der Waals surface area contributed by atoms with Gasteiger partial charge in [0.1, 0.15) is 5.02 Å². The molecule has 5 nitrogen and oxygen atoms in total. The number of anilines is 1. The number of aromatic nitrogens is 2. The Morgan fingerprint density at radius 3 is 2.81 bits per heavy atom. The average Bonchev–Trinajstić information content (AvgIpc) is 2.45. The second kappa shape index (κ2) is 10.1. The van der Waals surface area contributed by atoms with Crippen LogP contribution < -0.4 is 10.9 Å². The third-order valence-corrected chi connectivity index (χ3v) is 4.15. The molecule has 0 aliphatic rings. The molecule has 0 saturated carbocycles. The van der Waals surface area contributed by atoms with Gasteiger partial charge in [0.2, 0.25) is 0 Å². The Labute approximate surface area is 136 Å². The van der Waals surface area contributed by atoms with Gasteiger partial charge in [-0.15, -0.1) is 0 Å². The summed E-state index contributed by atoms with van der Waals surface area (Å²) in [5, 5.41) is 7.59. The molecule has 0 aliphatic carbocycles. The molecular formula is C14H25ClN4OS. The molecule has 1 N–H and O–H groups in total. The van der Waals surface area contributed by atoms with E-state index in [1.165, 1.54) is 23.3 Å². The molecule has 0 spiro atoms. The maximum Gasteiger partial charge on any atom is 0.287 e. The molecule has 0 unspecified atom stereocenters. The summed E-state index contributed by atoms with van der Waals surface area (Å²) in [4.78, 5) is 14.1. The second-order valence-corrected chi connectivity index (χ2v) is 6.55. The fourth-order valence-electron chi connectivity index (χ4n) is 1.81. The van der Waals surface area contributed by atoms with Crippen molar-refractivity contribution in [1.82, 2.24) is 14.7 Å². The van der Waals surface area contributed by atoms with Crippen molar-refractivity contribution in [2.75, 3.05) is 44.5 Å². The number of unbranched alkanes of at least 4 members (excludes halogenated alkanes) is 2. The Morgan fingerprint density at radius 1 is 1.38 bits per heavy atom. The van der Waals surface area contributed by atoms with Crippen LogP contribution in [0.1, 0.15) is 19.3 Å². The number of hydrogen-bond donors (Lipinski definition) is 1. The van der Waals surface area contributed by atoms with Crippen LogP contribution in [0.15, 0.2) is 11.0 Å². The Balaban J connectivity index is 2.49. The second-order valence-electron chi connectivity index (χ2n) is 5.18. The number of halogens is 1. The first-order valence-electron chi connectivity index (χ1n) is 7.19. The van der Waals surface area contributed by atoms with E-state index in [0.717, 1.165) is 19.5 Å². The van der Waals surface area contributed by atoms with Gasteiger partial charge < -0.3 is 10.2 Å². The lowest BCUT2D eigenvalue weighted by molar-refractivity contribution is 0.367. The van der Waals surface area contributed by atoms with Gasteiger partial charge in [0.05, 0.1) is 18.4 Å². The van der Waals surface area contributed by atoms with Crippen LogP contribution in [0.4, 0.5) is 5.69 Å². The van der Waals surface area contributed by atoms with Gasteiger partial charge >= 0.3 is 0 Å². The number of nitrogens with one attached hydrogen (secondary N) is 1. The van der Waals surface area contributed by atoms with Gasteiger partial charge in [-0.25, -0.2) is 4.68 Å². The fourth-order valence-corrected chi connectivity index (χ4v) is 2.52. The highest BCUT2D eigenvalue weighted by atomic mass is 35.5. The monoisotopic (exact) mass is 332 g/mol. The van der Waals surface area contributed by atoms with Crippen LogP contribution in [0.2, 0.25) is 5.02 Å². The van der Waals surface area contributed by atoms with E-state index in [9.17, 15) is 4.79 Å². The van der Waals surface area contributed by atoms with Gasteiger partial charge in [0.15, 0.2) is 0 Å². The van der Waals surface area contributed by atoms with E-state index in [4.69, 9.17) is 11.6 Å². The molecule has 1 aromatic rings. The van der Waals surface area contributed by atoms with Crippen molar-refractivity contribution in [3.8, 4) is 0 Å². The quantitative estimate of drug-likeness (QED) is 0.667. The lowest BCUT2D eigenvalue weighted by atomic mass is 10.2. The first-order valence-corrected chi connectivity index (χ1v) is 8.96. The molecule has 21 heavy (non-hydrogen) atoms. The average molecular weight is 333 g/mol. The molecule has 0 amide bonds. The number of rotatable bonds is 10. The van der Waals surface area contributed by atoms with E-state index in [0.29, 0.717) is 12.2 Å². The number of likely N-dealkylation sites (N-methyl/N-ethyl adjacent to an activating group) is 1. The van der Waals surface area contributed by atoms with E-state index in [-0.39, 0.29) is 10.6 Å². The molecule has 0 bridgehead atoms. The van der Waals surface area contributed by atoms with Crippen LogP contribution in [0.3, 0.4) is 0 Å². The molecule has 0 saturated heterocycles. The van der Waals surface area contributed by atoms with E-state index < -0.39 is 0 Å². The van der Waals surface area contributed by atoms with Gasteiger partial charge in [-0.1, -0.05) is 18.0 Å². The van der Waals surface area contributed by atoms with E-state index in [1.807, 2.05) is 30.8 Å². The minimum absolute atomic E-state index is 0.230. The molecule has 0 fully saturated rings. The van der Waals surface area contributed by atoms with Gasteiger partial charge in [-0.05, 0) is 38.9 Å². The molecule has 7 heteroatoms. The number of hydrogen-bond acceptors (Lipinski definition) is 5. The van der Waals surface area contributed by atoms with Crippen LogP contribution in [0.25, 0.3) is 0 Å². The molecular weight excluding hydrogens is 308 g/mol. The van der Waals surface area contributed by atoms with Gasteiger partial charge in [0.25, 0.3) is 5.56 Å². The largest absolute Gasteiger partial charge is 0.382 e. The highest BCUT2D eigenvalue weighted by molar-refractivity contribution is 7.98. The molecule has 0 atom stereocenters. The maximum absolute atomic E-state index is 12.1. The van der Waals surface area contributed by atoms with Crippen molar-refractivity contribution in [2.45, 2.75) is 25.8 Å². The van der Waals surface area contributed by atoms with Crippen LogP contribution in [-0.4, -0.2) is 53.9 Å². The Kier molecular flexibility index (Phi) is 8.80. The van der Waals surface area contributed by atoms with Crippen molar-refractivity contribution in [3.63, 3.8) is 0 Å². The van der Waals surface area contributed by atoms with E-state index >= 15 is 0 Å². The van der Waals surface area contributed by atoms with Crippen LogP contribution in [0.5, 0.6) is 0 Å². The SMILES string of the molecule is CSCCCCCNc1cnn(CCN(C)C)c(=O)c1Cl. The predicted molar refractivity (Wildman–Crippen MR) is 92.8 cm³/mol. The van der Waals surface area contributed by atoms with E-state index in [2.05, 4.69) is 16.7 Å². The molecule has 0 radical (unpaired) electrons. The van der Waals surface area contributed by atoms with Crippen molar-refractivity contribution < 1.29 is 0 Å². The molecule has 1 heterocycles. The summed E-state index contributed by atoms with van der Waals surface area (Å²) >= 11 is 7.99. The summed E-state index contributed by atoms with van der Waals surface area (Å²) in [6, 6.07) is 0. The van der Waals surface area contributed by atoms with Gasteiger partial charge in [0, 0.05) is 13.1 Å². The zero-order chi connectivity index (χ0) is 15.7. The van der Waals surface area contributed by atoms with Crippen LogP contribution in [0, 0.1) is 0 Å². The van der Waals surface area contributed by atoms with Crippen LogP contribution in [-0.2, 0) is 6.54 Å². The summed E-state index contributed by atoms with van der Waals surface area (Å²) in [7, 11) is 3.92. The van der Waals surface area contributed by atoms with Crippen molar-refractivity contribution >= 4 is 29.1 Å². The molecule has 1 rings (SSSR count). The van der Waals surface area contributed by atoms with Gasteiger partial charge in [-0.3, -0.25) is 4.79 Å². The first-order chi connectivity index (χ1) is 10.1. The third kappa shape index (κ3) is 6.72. The van der Waals surface area contributed by atoms with Crippen molar-refractivity contribution in [3.05, 3.63) is 21.6 Å². The van der Waals surface area contributed by atoms with E-state index in [1.54, 1.807) is 6.20 Å². The zero-order valence-corrected chi connectivity index (χ0v) is 14.6. The summed E-state index contributed by atoms with van der Waals surface area (Å²) < 4.78 is 1.41. The molecule has 120 valence electrons. The third-order valence-electron chi connectivity index (χ3n) is 3.08. The summed E-state index contributed by atoms with van der Waals surface area (Å²) in [6.07, 6.45) is 7.23. The Morgan fingerprint density at radius 2 is 2.14 bits per heavy atom. The number of nitrogens with zero attached hydrogens (tertiary/aromatic N) is 3. The highest BCUT2D eigenvalue weighted by Gasteiger charge is 2.08. The van der Waals surface area contributed by atoms with Crippen molar-refractivity contribution in [1.29, 1.82) is 0 Å². The summed E-state index contributed by atoms with van der Waals surface area (Å²) in [6.45, 7) is 2.11. The number of thioether (sulfide) groups is 1. The standard InChI is InChI=1S/C14H25ClN4OS/c1-18(2)8-9-19-14(20)13(15)12(11-17-19)16-7-5-4-6-10-21-3/h11,16H,4-10H2,1-3H3. The van der Waals surface area contributed by atoms with Crippen LogP contribution >= 0.6 is 23.4 Å². The Hall–Kier alpha value is -0.720. The Bertz CT molecular complexity index is 479. The molecule has 1 aromatic heterocycles. The lowest BCUT2D eigenvalue weighted by Gasteiger charge is -2.12. The predicted octanol–water partition coefficient (Wildman–Crippen LogP) is 2.40. The van der Waals surface area contributed by atoms with Gasteiger partial charge in [-0.2, -0.15) is 16.9 Å². The summed E-state index contributed by atoms with van der Waals surface area (Å²) in [5.41, 5.74) is 0.401.